The molecule has 0 aromatic carbocycles. The summed E-state index contributed by atoms with van der Waals surface area (Å²) in [5.74, 6) is 0.651. The number of thiazole rings is 1. The van der Waals surface area contributed by atoms with E-state index in [0.29, 0.717) is 18.5 Å². The van der Waals surface area contributed by atoms with Gasteiger partial charge in [-0.25, -0.2) is 4.98 Å². The van der Waals surface area contributed by atoms with Crippen molar-refractivity contribution in [3.8, 4) is 0 Å². The Morgan fingerprint density at radius 1 is 1.67 bits per heavy atom. The summed E-state index contributed by atoms with van der Waals surface area (Å²) in [6, 6.07) is 0.316. The van der Waals surface area contributed by atoms with Gasteiger partial charge >= 0.3 is 0 Å². The maximum atomic E-state index is 5.71. The van der Waals surface area contributed by atoms with Crippen LogP contribution in [0.5, 0.6) is 0 Å². The Bertz CT molecular complexity index is 274. The molecule has 1 heterocycles. The first kappa shape index (κ1) is 12.9. The van der Waals surface area contributed by atoms with Crippen LogP contribution >= 0.6 is 22.9 Å². The van der Waals surface area contributed by atoms with Gasteiger partial charge in [-0.2, -0.15) is 0 Å². The van der Waals surface area contributed by atoms with Crippen molar-refractivity contribution in [2.24, 2.45) is 0 Å². The molecule has 0 spiro atoms. The number of nitrogens with one attached hydrogen (secondary N) is 1. The highest BCUT2D eigenvalue weighted by Gasteiger charge is 2.07. The normalized spacial score (nSPS) is 13.0. The van der Waals surface area contributed by atoms with Crippen LogP contribution in [-0.4, -0.2) is 30.6 Å². The number of methoxy groups -OCH3 is 1. The minimum Gasteiger partial charge on any atom is -0.383 e. The van der Waals surface area contributed by atoms with E-state index in [-0.39, 0.29) is 0 Å². The average Bonchev–Trinajstić information content (AvgIpc) is 2.61. The third kappa shape index (κ3) is 4.93. The third-order valence-corrected chi connectivity index (χ3v) is 3.22. The fraction of sp³-hybridized carbons (Fsp3) is 0.700. The predicted molar refractivity (Wildman–Crippen MR) is 64.7 cm³/mol. The lowest BCUT2D eigenvalue weighted by molar-refractivity contribution is 0.164. The van der Waals surface area contributed by atoms with Crippen molar-refractivity contribution in [2.45, 2.75) is 25.9 Å². The minimum absolute atomic E-state index is 0.316. The van der Waals surface area contributed by atoms with E-state index in [4.69, 9.17) is 16.3 Å². The number of aromatic nitrogens is 1. The van der Waals surface area contributed by atoms with Crippen LogP contribution in [0.4, 0.5) is 0 Å². The molecule has 3 nitrogen and oxygen atoms in total. The largest absolute Gasteiger partial charge is 0.383 e. The number of rotatable bonds is 7. The lowest BCUT2D eigenvalue weighted by Gasteiger charge is -2.15. The van der Waals surface area contributed by atoms with Crippen molar-refractivity contribution in [1.29, 1.82) is 0 Å². The van der Waals surface area contributed by atoms with Crippen LogP contribution in [0.25, 0.3) is 0 Å². The molecule has 0 bridgehead atoms. The van der Waals surface area contributed by atoms with Gasteiger partial charge in [-0.3, -0.25) is 0 Å². The third-order valence-electron chi connectivity index (χ3n) is 2.03. The van der Waals surface area contributed by atoms with E-state index < -0.39 is 0 Å². The molecule has 1 N–H and O–H groups in total. The van der Waals surface area contributed by atoms with Gasteiger partial charge in [-0.05, 0) is 13.3 Å². The molecule has 1 rings (SSSR count). The molecular formula is C10H17ClN2OS. The van der Waals surface area contributed by atoms with Crippen LogP contribution in [-0.2, 0) is 11.3 Å². The second-order valence-electron chi connectivity index (χ2n) is 3.39. The SMILES string of the molecule is COCC(CCCl)NCc1nc(C)cs1. The van der Waals surface area contributed by atoms with Gasteiger partial charge in [0.25, 0.3) is 0 Å². The molecule has 0 aliphatic rings. The van der Waals surface area contributed by atoms with Gasteiger partial charge in [-0.15, -0.1) is 22.9 Å². The summed E-state index contributed by atoms with van der Waals surface area (Å²) in [5.41, 5.74) is 1.08. The van der Waals surface area contributed by atoms with E-state index in [1.54, 1.807) is 18.4 Å². The number of hydrogen-bond acceptors (Lipinski definition) is 4. The van der Waals surface area contributed by atoms with E-state index in [1.165, 1.54) is 0 Å². The summed E-state index contributed by atoms with van der Waals surface area (Å²) < 4.78 is 5.11. The Morgan fingerprint density at radius 3 is 3.00 bits per heavy atom. The van der Waals surface area contributed by atoms with E-state index in [0.717, 1.165) is 23.7 Å². The number of nitrogens with zero attached hydrogens (tertiary/aromatic N) is 1. The fourth-order valence-corrected chi connectivity index (χ4v) is 2.28. The topological polar surface area (TPSA) is 34.1 Å². The molecule has 0 saturated carbocycles. The van der Waals surface area contributed by atoms with E-state index in [2.05, 4.69) is 15.7 Å². The van der Waals surface area contributed by atoms with Gasteiger partial charge in [0, 0.05) is 36.7 Å². The summed E-state index contributed by atoms with van der Waals surface area (Å²) in [4.78, 5) is 4.39. The zero-order valence-corrected chi connectivity index (χ0v) is 10.7. The number of hydrogen-bond donors (Lipinski definition) is 1. The summed E-state index contributed by atoms with van der Waals surface area (Å²) in [5, 5.41) is 6.56. The number of ether oxygens (including phenoxy) is 1. The molecule has 1 aromatic heterocycles. The second kappa shape index (κ2) is 7.17. The smallest absolute Gasteiger partial charge is 0.107 e. The van der Waals surface area contributed by atoms with Crippen molar-refractivity contribution >= 4 is 22.9 Å². The summed E-state index contributed by atoms with van der Waals surface area (Å²) in [7, 11) is 1.70. The Morgan fingerprint density at radius 2 is 2.47 bits per heavy atom. The highest BCUT2D eigenvalue weighted by molar-refractivity contribution is 7.09. The molecule has 1 aromatic rings. The average molecular weight is 249 g/mol. The van der Waals surface area contributed by atoms with Crippen LogP contribution in [0, 0.1) is 6.92 Å². The molecule has 15 heavy (non-hydrogen) atoms. The number of aryl methyl sites for hydroxylation is 1. The molecule has 0 aliphatic heterocycles. The van der Waals surface area contributed by atoms with Crippen LogP contribution in [0.2, 0.25) is 0 Å². The van der Waals surface area contributed by atoms with Crippen LogP contribution in [0.3, 0.4) is 0 Å². The Hall–Kier alpha value is -0.160. The van der Waals surface area contributed by atoms with Crippen molar-refractivity contribution in [3.05, 3.63) is 16.1 Å². The lowest BCUT2D eigenvalue weighted by atomic mass is 10.2. The first-order chi connectivity index (χ1) is 7.26. The van der Waals surface area contributed by atoms with E-state index in [1.807, 2.05) is 6.92 Å². The quantitative estimate of drug-likeness (QED) is 0.752. The Labute approximate surface area is 99.8 Å². The van der Waals surface area contributed by atoms with Gasteiger partial charge in [0.15, 0.2) is 0 Å². The molecule has 5 heteroatoms. The van der Waals surface area contributed by atoms with Gasteiger partial charge < -0.3 is 10.1 Å². The monoisotopic (exact) mass is 248 g/mol. The van der Waals surface area contributed by atoms with Gasteiger partial charge in [0.1, 0.15) is 5.01 Å². The van der Waals surface area contributed by atoms with Crippen molar-refractivity contribution in [3.63, 3.8) is 0 Å². The number of halogens is 1. The second-order valence-corrected chi connectivity index (χ2v) is 4.71. The van der Waals surface area contributed by atoms with E-state index >= 15 is 0 Å². The van der Waals surface area contributed by atoms with Gasteiger partial charge in [0.05, 0.1) is 6.61 Å². The molecule has 0 saturated heterocycles. The maximum Gasteiger partial charge on any atom is 0.107 e. The van der Waals surface area contributed by atoms with Gasteiger partial charge in [0.2, 0.25) is 0 Å². The Balaban J connectivity index is 2.32. The highest BCUT2D eigenvalue weighted by Crippen LogP contribution is 2.08. The van der Waals surface area contributed by atoms with Crippen LogP contribution in [0.1, 0.15) is 17.1 Å². The lowest BCUT2D eigenvalue weighted by Crippen LogP contribution is -2.33. The summed E-state index contributed by atoms with van der Waals surface area (Å²) in [6.07, 6.45) is 0.916. The standard InChI is InChI=1S/C10H17ClN2OS/c1-8-7-15-10(13-8)5-12-9(3-4-11)6-14-2/h7,9,12H,3-6H2,1-2H3. The first-order valence-corrected chi connectivity index (χ1v) is 6.37. The molecule has 86 valence electrons. The molecule has 0 aliphatic carbocycles. The maximum absolute atomic E-state index is 5.71. The van der Waals surface area contributed by atoms with Crippen molar-refractivity contribution in [2.75, 3.05) is 19.6 Å². The van der Waals surface area contributed by atoms with E-state index in [9.17, 15) is 0 Å². The zero-order valence-electron chi connectivity index (χ0n) is 9.12. The highest BCUT2D eigenvalue weighted by atomic mass is 35.5. The predicted octanol–water partition coefficient (Wildman–Crippen LogP) is 2.19. The first-order valence-electron chi connectivity index (χ1n) is 4.95. The van der Waals surface area contributed by atoms with Crippen molar-refractivity contribution < 1.29 is 4.74 Å². The van der Waals surface area contributed by atoms with Gasteiger partial charge in [-0.1, -0.05) is 0 Å². The summed E-state index contributed by atoms with van der Waals surface area (Å²) in [6.45, 7) is 3.49. The molecule has 0 fully saturated rings. The minimum atomic E-state index is 0.316. The number of alkyl halides is 1. The summed E-state index contributed by atoms with van der Waals surface area (Å²) >= 11 is 7.39. The molecule has 1 atom stereocenters. The molecule has 1 unspecified atom stereocenters. The van der Waals surface area contributed by atoms with Crippen LogP contribution < -0.4 is 5.32 Å². The molecular weight excluding hydrogens is 232 g/mol. The van der Waals surface area contributed by atoms with Crippen LogP contribution in [0.15, 0.2) is 5.38 Å². The Kier molecular flexibility index (Phi) is 6.17. The molecule has 0 radical (unpaired) electrons. The zero-order chi connectivity index (χ0) is 11.1. The fourth-order valence-electron chi connectivity index (χ4n) is 1.29. The molecule has 0 amide bonds. The van der Waals surface area contributed by atoms with Crippen molar-refractivity contribution in [1.82, 2.24) is 10.3 Å².